The van der Waals surface area contributed by atoms with Crippen molar-refractivity contribution in [2.24, 2.45) is 5.73 Å². The molecular formula is C25H19N5O4. The van der Waals surface area contributed by atoms with Gasteiger partial charge in [-0.3, -0.25) is 30.5 Å². The molecule has 2 aliphatic rings. The van der Waals surface area contributed by atoms with Crippen molar-refractivity contribution in [2.45, 2.75) is 25.7 Å². The molecule has 34 heavy (non-hydrogen) atoms. The summed E-state index contributed by atoms with van der Waals surface area (Å²) in [5.41, 5.74) is 9.62. The van der Waals surface area contributed by atoms with Crippen molar-refractivity contribution >= 4 is 50.3 Å². The minimum atomic E-state index is -0.524. The van der Waals surface area contributed by atoms with Gasteiger partial charge in [0.25, 0.3) is 11.4 Å². The standard InChI is InChI=1S/C25H19N5O4/c26-25(27)28(23-17-5-1-3-13-7-9-15(21(13)17)11-19(23)29(31)32)24-18-6-2-4-14-8-10-16(22(14)18)12-20(24)30(33)34/h1-6,11-12H,7-10H2,(H3,26,27). The third kappa shape index (κ3) is 2.63. The second kappa shape index (κ2) is 6.98. The summed E-state index contributed by atoms with van der Waals surface area (Å²) < 4.78 is 0. The summed E-state index contributed by atoms with van der Waals surface area (Å²) >= 11 is 0. The van der Waals surface area contributed by atoms with E-state index in [4.69, 9.17) is 11.1 Å². The molecule has 0 atom stereocenters. The number of nitrogens with one attached hydrogen (secondary N) is 1. The van der Waals surface area contributed by atoms with Crippen LogP contribution in [0, 0.1) is 25.6 Å². The van der Waals surface area contributed by atoms with E-state index in [2.05, 4.69) is 0 Å². The lowest BCUT2D eigenvalue weighted by molar-refractivity contribution is -0.384. The van der Waals surface area contributed by atoms with Gasteiger partial charge in [0.1, 0.15) is 11.4 Å². The smallest absolute Gasteiger partial charge is 0.294 e. The van der Waals surface area contributed by atoms with Gasteiger partial charge in [0.2, 0.25) is 0 Å². The Balaban J connectivity index is 1.79. The highest BCUT2D eigenvalue weighted by Gasteiger charge is 2.35. The topological polar surface area (TPSA) is 139 Å². The van der Waals surface area contributed by atoms with E-state index < -0.39 is 15.8 Å². The van der Waals surface area contributed by atoms with Crippen LogP contribution < -0.4 is 10.6 Å². The summed E-state index contributed by atoms with van der Waals surface area (Å²) in [6.07, 6.45) is 2.87. The molecule has 0 spiro atoms. The lowest BCUT2D eigenvalue weighted by atomic mass is 9.98. The molecule has 2 aliphatic carbocycles. The molecule has 0 bridgehead atoms. The van der Waals surface area contributed by atoms with Crippen LogP contribution in [0.25, 0.3) is 21.5 Å². The maximum Gasteiger partial charge on any atom is 0.294 e. The molecule has 4 aromatic carbocycles. The van der Waals surface area contributed by atoms with Gasteiger partial charge >= 0.3 is 0 Å². The van der Waals surface area contributed by atoms with Gasteiger partial charge < -0.3 is 5.73 Å². The van der Waals surface area contributed by atoms with Gasteiger partial charge in [0.05, 0.1) is 9.85 Å². The Morgan fingerprint density at radius 3 is 1.56 bits per heavy atom. The summed E-state index contributed by atoms with van der Waals surface area (Å²) in [5.74, 6) is -0.524. The fourth-order valence-corrected chi connectivity index (χ4v) is 5.69. The van der Waals surface area contributed by atoms with E-state index in [1.54, 1.807) is 12.1 Å². The predicted octanol–water partition coefficient (Wildman–Crippen LogP) is 5.04. The summed E-state index contributed by atoms with van der Waals surface area (Å²) in [6.45, 7) is 0. The third-order valence-electron chi connectivity index (χ3n) is 6.97. The number of hydrogen-bond acceptors (Lipinski definition) is 5. The lowest BCUT2D eigenvalue weighted by Gasteiger charge is -2.26. The van der Waals surface area contributed by atoms with Gasteiger partial charge in [0.15, 0.2) is 5.96 Å². The molecule has 6 rings (SSSR count). The summed E-state index contributed by atoms with van der Waals surface area (Å²) in [7, 11) is 0. The first-order valence-electron chi connectivity index (χ1n) is 10.9. The number of benzene rings is 4. The van der Waals surface area contributed by atoms with Crippen LogP contribution >= 0.6 is 0 Å². The first-order chi connectivity index (χ1) is 16.4. The molecule has 0 aliphatic heterocycles. The maximum atomic E-state index is 12.2. The van der Waals surface area contributed by atoms with Crippen LogP contribution in [0.5, 0.6) is 0 Å². The predicted molar refractivity (Wildman–Crippen MR) is 130 cm³/mol. The number of nitro benzene ring substituents is 2. The Morgan fingerprint density at radius 2 is 1.18 bits per heavy atom. The van der Waals surface area contributed by atoms with Crippen molar-refractivity contribution in [1.29, 1.82) is 5.41 Å². The van der Waals surface area contributed by atoms with Crippen molar-refractivity contribution in [1.82, 2.24) is 0 Å². The molecule has 0 unspecified atom stereocenters. The average molecular weight is 453 g/mol. The Kier molecular flexibility index (Phi) is 4.13. The number of aryl methyl sites for hydroxylation is 4. The molecule has 0 saturated heterocycles. The minimum absolute atomic E-state index is 0.0850. The van der Waals surface area contributed by atoms with E-state index in [1.165, 1.54) is 17.0 Å². The van der Waals surface area contributed by atoms with E-state index in [0.717, 1.165) is 45.9 Å². The van der Waals surface area contributed by atoms with Gasteiger partial charge in [-0.25, -0.2) is 0 Å². The largest absolute Gasteiger partial charge is 0.369 e. The van der Waals surface area contributed by atoms with Gasteiger partial charge in [0, 0.05) is 22.9 Å². The Labute approximate surface area is 193 Å². The van der Waals surface area contributed by atoms with E-state index in [-0.39, 0.29) is 22.7 Å². The summed E-state index contributed by atoms with van der Waals surface area (Å²) in [5, 5.41) is 35.9. The van der Waals surface area contributed by atoms with Gasteiger partial charge in [-0.05, 0) is 58.7 Å². The first-order valence-corrected chi connectivity index (χ1v) is 10.9. The average Bonchev–Trinajstić information content (AvgIpc) is 3.42. The molecule has 0 saturated carbocycles. The van der Waals surface area contributed by atoms with Gasteiger partial charge in [-0.2, -0.15) is 0 Å². The van der Waals surface area contributed by atoms with Crippen molar-refractivity contribution in [3.63, 3.8) is 0 Å². The number of nitrogens with zero attached hydrogens (tertiary/aromatic N) is 3. The minimum Gasteiger partial charge on any atom is -0.369 e. The molecule has 9 heteroatoms. The molecular weight excluding hydrogens is 434 g/mol. The molecule has 9 nitrogen and oxygen atoms in total. The van der Waals surface area contributed by atoms with Crippen LogP contribution in [-0.4, -0.2) is 15.8 Å². The van der Waals surface area contributed by atoms with E-state index in [0.29, 0.717) is 23.6 Å². The van der Waals surface area contributed by atoms with Crippen LogP contribution in [0.15, 0.2) is 48.5 Å². The zero-order chi connectivity index (χ0) is 23.7. The fourth-order valence-electron chi connectivity index (χ4n) is 5.69. The zero-order valence-corrected chi connectivity index (χ0v) is 18.0. The van der Waals surface area contributed by atoms with Crippen LogP contribution in [0.3, 0.4) is 0 Å². The van der Waals surface area contributed by atoms with Crippen LogP contribution in [-0.2, 0) is 25.7 Å². The van der Waals surface area contributed by atoms with Crippen molar-refractivity contribution in [2.75, 3.05) is 4.90 Å². The molecule has 168 valence electrons. The maximum absolute atomic E-state index is 12.2. The first kappa shape index (κ1) is 20.1. The highest BCUT2D eigenvalue weighted by molar-refractivity contribution is 6.18. The summed E-state index contributed by atoms with van der Waals surface area (Å²) in [4.78, 5) is 24.7. The fraction of sp³-hybridized carbons (Fsp3) is 0.160. The number of nitro groups is 2. The lowest BCUT2D eigenvalue weighted by Crippen LogP contribution is -2.33. The molecule has 0 heterocycles. The number of rotatable bonds is 4. The van der Waals surface area contributed by atoms with E-state index in [9.17, 15) is 20.2 Å². The normalized spacial score (nSPS) is 13.5. The van der Waals surface area contributed by atoms with E-state index >= 15 is 0 Å². The molecule has 3 N–H and O–H groups in total. The highest BCUT2D eigenvalue weighted by Crippen LogP contribution is 2.50. The van der Waals surface area contributed by atoms with Crippen molar-refractivity contribution < 1.29 is 9.85 Å². The quantitative estimate of drug-likeness (QED) is 0.192. The van der Waals surface area contributed by atoms with Gasteiger partial charge in [-0.15, -0.1) is 0 Å². The van der Waals surface area contributed by atoms with Crippen molar-refractivity contribution in [3.8, 4) is 0 Å². The monoisotopic (exact) mass is 453 g/mol. The Hall–Kier alpha value is -4.53. The Bertz CT molecular complexity index is 1500. The van der Waals surface area contributed by atoms with Crippen LogP contribution in [0.2, 0.25) is 0 Å². The highest BCUT2D eigenvalue weighted by atomic mass is 16.6. The van der Waals surface area contributed by atoms with Crippen molar-refractivity contribution in [3.05, 3.63) is 91.0 Å². The number of hydrogen-bond donors (Lipinski definition) is 2. The number of guanidine groups is 1. The van der Waals surface area contributed by atoms with Gasteiger partial charge in [-0.1, -0.05) is 36.4 Å². The number of nitrogens with two attached hydrogens (primary N) is 1. The second-order valence-corrected chi connectivity index (χ2v) is 8.72. The van der Waals surface area contributed by atoms with Crippen LogP contribution in [0.4, 0.5) is 22.7 Å². The Morgan fingerprint density at radius 1 is 0.765 bits per heavy atom. The molecule has 0 aromatic heterocycles. The van der Waals surface area contributed by atoms with Crippen LogP contribution in [0.1, 0.15) is 22.3 Å². The molecule has 0 fully saturated rings. The molecule has 0 radical (unpaired) electrons. The number of anilines is 2. The van der Waals surface area contributed by atoms with E-state index in [1.807, 2.05) is 24.3 Å². The SMILES string of the molecule is N=C(N)N(c1c([N+](=O)[O-])cc2c3c(cccc13)CC2)c1c([N+](=O)[O-])cc2c3c(cccc13)CC2. The summed E-state index contributed by atoms with van der Waals surface area (Å²) in [6, 6.07) is 14.2. The zero-order valence-electron chi connectivity index (χ0n) is 18.0. The second-order valence-electron chi connectivity index (χ2n) is 8.72. The molecule has 4 aromatic rings. The molecule has 0 amide bonds. The third-order valence-corrected chi connectivity index (χ3v) is 6.97.